The number of nitrogens with one attached hydrogen (secondary N) is 1. The molecule has 3 heterocycles. The first-order valence-electron chi connectivity index (χ1n) is 4.49. The number of H-pyrrole nitrogens is 1. The second-order valence-electron chi connectivity index (χ2n) is 3.21. The quantitative estimate of drug-likeness (QED) is 0.707. The predicted molar refractivity (Wildman–Crippen MR) is 72.6 cm³/mol. The number of rotatable bonds is 1. The Balaban J connectivity index is 2.18. The van der Waals surface area contributed by atoms with Crippen LogP contribution >= 0.6 is 43.2 Å². The van der Waals surface area contributed by atoms with Gasteiger partial charge in [-0.25, -0.2) is 9.97 Å². The highest BCUT2D eigenvalue weighted by atomic mass is 79.9. The lowest BCUT2D eigenvalue weighted by molar-refractivity contribution is 1.31. The van der Waals surface area contributed by atoms with E-state index in [0.717, 1.165) is 30.1 Å². The molecule has 0 spiro atoms. The summed E-state index contributed by atoms with van der Waals surface area (Å²) in [6.07, 6.45) is 1.75. The summed E-state index contributed by atoms with van der Waals surface area (Å²) < 4.78 is 2.04. The van der Waals surface area contributed by atoms with Gasteiger partial charge in [0, 0.05) is 10.7 Å². The van der Waals surface area contributed by atoms with Crippen LogP contribution in [0.15, 0.2) is 32.7 Å². The van der Waals surface area contributed by atoms with Gasteiger partial charge in [-0.15, -0.1) is 11.3 Å². The topological polar surface area (TPSA) is 41.6 Å². The summed E-state index contributed by atoms with van der Waals surface area (Å²) in [5.74, 6) is 0.858. The molecule has 0 aromatic carbocycles. The van der Waals surface area contributed by atoms with Gasteiger partial charge in [-0.1, -0.05) is 0 Å². The minimum atomic E-state index is 0.739. The largest absolute Gasteiger partial charge is 0.336 e. The molecule has 3 aromatic heterocycles. The molecular weight excluding hydrogens is 354 g/mol. The van der Waals surface area contributed by atoms with E-state index in [1.807, 2.05) is 18.2 Å². The van der Waals surface area contributed by atoms with Crippen LogP contribution < -0.4 is 0 Å². The Bertz CT molecular complexity index is 659. The van der Waals surface area contributed by atoms with Crippen LogP contribution in [0.1, 0.15) is 0 Å². The lowest BCUT2D eigenvalue weighted by Gasteiger charge is -1.87. The summed E-state index contributed by atoms with van der Waals surface area (Å²) in [4.78, 5) is 13.0. The van der Waals surface area contributed by atoms with Gasteiger partial charge in [-0.2, -0.15) is 0 Å². The van der Waals surface area contributed by atoms with E-state index in [-0.39, 0.29) is 0 Å². The van der Waals surface area contributed by atoms with Crippen molar-refractivity contribution in [3.8, 4) is 10.7 Å². The van der Waals surface area contributed by atoms with Crippen molar-refractivity contribution in [2.45, 2.75) is 0 Å². The number of hydrogen-bond donors (Lipinski definition) is 1. The summed E-state index contributed by atoms with van der Waals surface area (Å²) in [5.41, 5.74) is 1.68. The fraction of sp³-hybridized carbons (Fsp3) is 0. The van der Waals surface area contributed by atoms with Crippen molar-refractivity contribution < 1.29 is 0 Å². The molecule has 1 N–H and O–H groups in total. The van der Waals surface area contributed by atoms with Crippen molar-refractivity contribution in [3.63, 3.8) is 0 Å². The van der Waals surface area contributed by atoms with E-state index in [9.17, 15) is 0 Å². The van der Waals surface area contributed by atoms with E-state index in [0.29, 0.717) is 0 Å². The van der Waals surface area contributed by atoms with Gasteiger partial charge in [0.15, 0.2) is 11.5 Å². The van der Waals surface area contributed by atoms with Gasteiger partial charge in [-0.3, -0.25) is 0 Å². The van der Waals surface area contributed by atoms with Crippen molar-refractivity contribution in [1.29, 1.82) is 0 Å². The minimum Gasteiger partial charge on any atom is -0.336 e. The van der Waals surface area contributed by atoms with E-state index in [4.69, 9.17) is 0 Å². The molecule has 16 heavy (non-hydrogen) atoms. The number of halogens is 2. The van der Waals surface area contributed by atoms with Gasteiger partial charge < -0.3 is 4.98 Å². The molecule has 0 aliphatic carbocycles. The number of fused-ring (bicyclic) bond motifs is 1. The van der Waals surface area contributed by atoms with Crippen LogP contribution in [0.3, 0.4) is 0 Å². The van der Waals surface area contributed by atoms with Crippen molar-refractivity contribution in [2.24, 2.45) is 0 Å². The van der Waals surface area contributed by atoms with E-state index < -0.39 is 0 Å². The minimum absolute atomic E-state index is 0.739. The molecule has 0 aliphatic heterocycles. The van der Waals surface area contributed by atoms with Gasteiger partial charge in [-0.05, 0) is 50.1 Å². The first kappa shape index (κ1) is 10.4. The van der Waals surface area contributed by atoms with E-state index >= 15 is 0 Å². The van der Waals surface area contributed by atoms with Crippen LogP contribution in [0.4, 0.5) is 0 Å². The first-order chi connectivity index (χ1) is 7.72. The van der Waals surface area contributed by atoms with Gasteiger partial charge in [0.2, 0.25) is 0 Å². The van der Waals surface area contributed by atoms with Gasteiger partial charge in [0.25, 0.3) is 0 Å². The highest BCUT2D eigenvalue weighted by molar-refractivity contribution is 9.11. The number of aromatic nitrogens is 3. The molecule has 0 saturated carbocycles. The van der Waals surface area contributed by atoms with Gasteiger partial charge in [0.05, 0.1) is 14.2 Å². The third kappa shape index (κ3) is 1.81. The third-order valence-electron chi connectivity index (χ3n) is 2.11. The zero-order chi connectivity index (χ0) is 11.1. The van der Waals surface area contributed by atoms with Crippen molar-refractivity contribution in [1.82, 2.24) is 15.0 Å². The molecule has 0 unspecified atom stereocenters. The van der Waals surface area contributed by atoms with E-state index in [1.54, 1.807) is 17.5 Å². The normalized spacial score (nSPS) is 11.1. The predicted octanol–water partition coefficient (Wildman–Crippen LogP) is 4.21. The molecular formula is C10H5Br2N3S. The Morgan fingerprint density at radius 1 is 1.25 bits per heavy atom. The number of imidazole rings is 1. The van der Waals surface area contributed by atoms with Crippen LogP contribution in [-0.2, 0) is 0 Å². The van der Waals surface area contributed by atoms with Crippen LogP contribution in [0.5, 0.6) is 0 Å². The Labute approximate surface area is 112 Å². The molecule has 0 amide bonds. The Kier molecular flexibility index (Phi) is 2.57. The first-order valence-corrected chi connectivity index (χ1v) is 6.89. The van der Waals surface area contributed by atoms with Gasteiger partial charge >= 0.3 is 0 Å². The van der Waals surface area contributed by atoms with Crippen molar-refractivity contribution >= 4 is 54.4 Å². The van der Waals surface area contributed by atoms with Crippen LogP contribution in [0.25, 0.3) is 21.9 Å². The lowest BCUT2D eigenvalue weighted by Crippen LogP contribution is -1.75. The highest BCUT2D eigenvalue weighted by Gasteiger charge is 2.08. The molecule has 0 atom stereocenters. The standard InChI is InChI=1S/C10H5Br2N3S/c11-5-3-6-9(13-4-5)15-10(14-6)7-1-2-8(12)16-7/h1-4H,(H,13,14,15). The Morgan fingerprint density at radius 2 is 2.12 bits per heavy atom. The molecule has 3 aromatic rings. The number of aromatic amines is 1. The van der Waals surface area contributed by atoms with E-state index in [1.165, 1.54) is 0 Å². The van der Waals surface area contributed by atoms with Gasteiger partial charge in [0.1, 0.15) is 0 Å². The smallest absolute Gasteiger partial charge is 0.178 e. The zero-order valence-corrected chi connectivity index (χ0v) is 11.9. The van der Waals surface area contributed by atoms with Crippen molar-refractivity contribution in [3.05, 3.63) is 32.7 Å². The van der Waals surface area contributed by atoms with E-state index in [2.05, 4.69) is 46.8 Å². The zero-order valence-electron chi connectivity index (χ0n) is 7.87. The second-order valence-corrected chi connectivity index (χ2v) is 6.59. The maximum atomic E-state index is 4.44. The Hall–Kier alpha value is -0.720. The summed E-state index contributed by atoms with van der Waals surface area (Å²) in [6, 6.07) is 6.01. The summed E-state index contributed by atoms with van der Waals surface area (Å²) in [7, 11) is 0. The average molecular weight is 359 g/mol. The molecule has 80 valence electrons. The third-order valence-corrected chi connectivity index (χ3v) is 4.17. The summed E-state index contributed by atoms with van der Waals surface area (Å²) in [5, 5.41) is 0. The molecule has 0 aliphatic rings. The number of nitrogens with zero attached hydrogens (tertiary/aromatic N) is 2. The molecule has 3 rings (SSSR count). The van der Waals surface area contributed by atoms with Crippen molar-refractivity contribution in [2.75, 3.05) is 0 Å². The maximum Gasteiger partial charge on any atom is 0.178 e. The van der Waals surface area contributed by atoms with Crippen LogP contribution in [0, 0.1) is 0 Å². The number of pyridine rings is 1. The lowest BCUT2D eigenvalue weighted by atomic mass is 10.4. The summed E-state index contributed by atoms with van der Waals surface area (Å²) in [6.45, 7) is 0. The molecule has 3 nitrogen and oxygen atoms in total. The monoisotopic (exact) mass is 357 g/mol. The SMILES string of the molecule is Brc1cnc2nc(-c3ccc(Br)s3)[nH]c2c1. The summed E-state index contributed by atoms with van der Waals surface area (Å²) >= 11 is 8.47. The number of hydrogen-bond acceptors (Lipinski definition) is 3. The van der Waals surface area contributed by atoms with Crippen LogP contribution in [-0.4, -0.2) is 15.0 Å². The average Bonchev–Trinajstić information content (AvgIpc) is 2.83. The molecule has 0 radical (unpaired) electrons. The Morgan fingerprint density at radius 3 is 2.88 bits per heavy atom. The molecule has 0 bridgehead atoms. The maximum absolute atomic E-state index is 4.44. The molecule has 0 fully saturated rings. The second kappa shape index (κ2) is 3.94. The van der Waals surface area contributed by atoms with Crippen LogP contribution in [0.2, 0.25) is 0 Å². The number of thiophene rings is 1. The fourth-order valence-corrected chi connectivity index (χ4v) is 3.10. The molecule has 6 heteroatoms. The molecule has 0 saturated heterocycles. The fourth-order valence-electron chi connectivity index (χ4n) is 1.43. The highest BCUT2D eigenvalue weighted by Crippen LogP contribution is 2.30.